The van der Waals surface area contributed by atoms with E-state index in [9.17, 15) is 13.0 Å². The van der Waals surface area contributed by atoms with Crippen LogP contribution in [-0.4, -0.2) is 19.6 Å². The van der Waals surface area contributed by atoms with Crippen LogP contribution in [0.3, 0.4) is 0 Å². The molecule has 6 heteroatoms. The summed E-state index contributed by atoms with van der Waals surface area (Å²) in [5.74, 6) is 0.198. The summed E-state index contributed by atoms with van der Waals surface area (Å²) in [5.41, 5.74) is 0. The van der Waals surface area contributed by atoms with Crippen LogP contribution in [0.4, 0.5) is 0 Å². The van der Waals surface area contributed by atoms with Crippen molar-refractivity contribution in [3.8, 4) is 0 Å². The van der Waals surface area contributed by atoms with Gasteiger partial charge in [-0.25, -0.2) is 8.42 Å². The molecule has 4 nitrogen and oxygen atoms in total. The Morgan fingerprint density at radius 2 is 0.711 bits per heavy atom. The quantitative estimate of drug-likeness (QED) is 0.0367. The Hall–Kier alpha value is 0.870. The first-order valence-corrected chi connectivity index (χ1v) is 17.9. The zero-order chi connectivity index (χ0) is 27.3. The maximum Gasteiger partial charge on any atom is 1.00 e. The average Bonchev–Trinajstić information content (AvgIpc) is 2.87. The molecule has 224 valence electrons. The first-order chi connectivity index (χ1) is 18.0. The molecule has 0 aromatic heterocycles. The molecule has 0 fully saturated rings. The minimum Gasteiger partial charge on any atom is -0.726 e. The number of rotatable bonds is 31. The molecule has 0 saturated carbocycles. The van der Waals surface area contributed by atoms with E-state index < -0.39 is 10.4 Å². The summed E-state index contributed by atoms with van der Waals surface area (Å²) in [6.45, 7) is 4.61. The van der Waals surface area contributed by atoms with Crippen molar-refractivity contribution < 1.29 is 46.7 Å². The topological polar surface area (TPSA) is 66.4 Å². The zero-order valence-corrected chi connectivity index (χ0v) is 28.9. The third-order valence-electron chi connectivity index (χ3n) is 7.88. The Bertz CT molecular complexity index is 512. The van der Waals surface area contributed by atoms with Crippen LogP contribution in [-0.2, 0) is 14.6 Å². The van der Waals surface area contributed by atoms with Gasteiger partial charge < -0.3 is 4.55 Å². The second kappa shape index (κ2) is 32.4. The minimum atomic E-state index is -4.58. The van der Waals surface area contributed by atoms with Crippen LogP contribution < -0.4 is 29.6 Å². The smallest absolute Gasteiger partial charge is 0.726 e. The van der Waals surface area contributed by atoms with Crippen LogP contribution >= 0.6 is 0 Å². The van der Waals surface area contributed by atoms with Gasteiger partial charge in [0.1, 0.15) is 0 Å². The van der Waals surface area contributed by atoms with E-state index in [1.165, 1.54) is 154 Å². The molecule has 0 heterocycles. The summed E-state index contributed by atoms with van der Waals surface area (Å²) in [7, 11) is -4.58. The van der Waals surface area contributed by atoms with Crippen LogP contribution in [0.5, 0.6) is 0 Å². The van der Waals surface area contributed by atoms with Gasteiger partial charge in [0, 0.05) is 0 Å². The van der Waals surface area contributed by atoms with Crippen molar-refractivity contribution in [1.82, 2.24) is 0 Å². The Balaban J connectivity index is 0. The van der Waals surface area contributed by atoms with Gasteiger partial charge in [-0.3, -0.25) is 4.18 Å². The fourth-order valence-electron chi connectivity index (χ4n) is 5.39. The molecular formula is C32H65NaO4S. The van der Waals surface area contributed by atoms with Crippen molar-refractivity contribution in [2.45, 2.75) is 194 Å². The normalized spacial score (nSPS) is 11.8. The first-order valence-electron chi connectivity index (χ1n) is 16.6. The molecule has 0 aliphatic carbocycles. The summed E-state index contributed by atoms with van der Waals surface area (Å²) >= 11 is 0. The monoisotopic (exact) mass is 568 g/mol. The molecule has 0 spiro atoms. The fourth-order valence-corrected chi connectivity index (χ4v) is 5.75. The van der Waals surface area contributed by atoms with E-state index in [1.807, 2.05) is 0 Å². The van der Waals surface area contributed by atoms with E-state index in [0.717, 1.165) is 25.7 Å². The SMILES string of the molecule is CCCCCCCCCCCCCCCC(CCCCCCCCCCCCCCC)COS(=O)(=O)[O-].[Na+]. The van der Waals surface area contributed by atoms with E-state index in [2.05, 4.69) is 18.0 Å². The third kappa shape index (κ3) is 34.9. The maximum atomic E-state index is 10.9. The molecule has 0 aliphatic rings. The van der Waals surface area contributed by atoms with E-state index in [-0.39, 0.29) is 42.1 Å². The predicted molar refractivity (Wildman–Crippen MR) is 160 cm³/mol. The molecule has 0 N–H and O–H groups in total. The Kier molecular flexibility index (Phi) is 34.9. The largest absolute Gasteiger partial charge is 1.00 e. The van der Waals surface area contributed by atoms with E-state index in [4.69, 9.17) is 0 Å². The summed E-state index contributed by atoms with van der Waals surface area (Å²) in [6, 6.07) is 0. The zero-order valence-electron chi connectivity index (χ0n) is 26.1. The van der Waals surface area contributed by atoms with Crippen molar-refractivity contribution in [3.63, 3.8) is 0 Å². The standard InChI is InChI=1S/C32H66O4S.Na/c1-3-5-7-9-11-13-15-17-19-21-23-25-27-29-32(31-36-37(33,34)35)30-28-26-24-22-20-18-16-14-12-10-8-6-4-2;/h32H,3-31H2,1-2H3,(H,33,34,35);/q;+1/p-1. The van der Waals surface area contributed by atoms with E-state index >= 15 is 0 Å². The van der Waals surface area contributed by atoms with Crippen LogP contribution in [0, 0.1) is 5.92 Å². The predicted octanol–water partition coefficient (Wildman–Crippen LogP) is 8.05. The molecule has 0 aliphatic heterocycles. The molecule has 0 bridgehead atoms. The number of hydrogen-bond donors (Lipinski definition) is 0. The molecule has 0 aromatic rings. The average molecular weight is 569 g/mol. The summed E-state index contributed by atoms with van der Waals surface area (Å²) in [4.78, 5) is 0. The number of hydrogen-bond acceptors (Lipinski definition) is 4. The van der Waals surface area contributed by atoms with Crippen LogP contribution in [0.25, 0.3) is 0 Å². The van der Waals surface area contributed by atoms with Crippen LogP contribution in [0.1, 0.15) is 194 Å². The van der Waals surface area contributed by atoms with Gasteiger partial charge in [-0.2, -0.15) is 0 Å². The van der Waals surface area contributed by atoms with Crippen molar-refractivity contribution in [3.05, 3.63) is 0 Å². The molecule has 0 unspecified atom stereocenters. The Labute approximate surface area is 261 Å². The summed E-state index contributed by atoms with van der Waals surface area (Å²) in [6.07, 6.45) is 36.6. The molecule has 0 saturated heterocycles. The van der Waals surface area contributed by atoms with Crippen molar-refractivity contribution >= 4 is 10.4 Å². The second-order valence-corrected chi connectivity index (χ2v) is 12.7. The van der Waals surface area contributed by atoms with Crippen molar-refractivity contribution in [1.29, 1.82) is 0 Å². The second-order valence-electron chi connectivity index (χ2n) is 11.6. The molecule has 0 atom stereocenters. The van der Waals surface area contributed by atoms with Gasteiger partial charge >= 0.3 is 29.6 Å². The van der Waals surface area contributed by atoms with Crippen LogP contribution in [0.2, 0.25) is 0 Å². The van der Waals surface area contributed by atoms with Gasteiger partial charge in [0.15, 0.2) is 0 Å². The van der Waals surface area contributed by atoms with Crippen molar-refractivity contribution in [2.24, 2.45) is 5.92 Å². The van der Waals surface area contributed by atoms with Crippen molar-refractivity contribution in [2.75, 3.05) is 6.61 Å². The molecule has 0 amide bonds. The van der Waals surface area contributed by atoms with Gasteiger partial charge in [-0.05, 0) is 18.8 Å². The first kappa shape index (κ1) is 41.0. The number of unbranched alkanes of at least 4 members (excludes halogenated alkanes) is 24. The minimum absolute atomic E-state index is 0. The van der Waals surface area contributed by atoms with Gasteiger partial charge in [-0.15, -0.1) is 0 Å². The Morgan fingerprint density at radius 3 is 0.947 bits per heavy atom. The third-order valence-corrected chi connectivity index (χ3v) is 8.30. The molecule has 0 aromatic carbocycles. The van der Waals surface area contributed by atoms with Gasteiger partial charge in [-0.1, -0.05) is 181 Å². The summed E-state index contributed by atoms with van der Waals surface area (Å²) < 4.78 is 37.4. The Morgan fingerprint density at radius 1 is 0.474 bits per heavy atom. The summed E-state index contributed by atoms with van der Waals surface area (Å²) in [5, 5.41) is 0. The molecule has 38 heavy (non-hydrogen) atoms. The fraction of sp³-hybridized carbons (Fsp3) is 1.00. The van der Waals surface area contributed by atoms with Crippen LogP contribution in [0.15, 0.2) is 0 Å². The van der Waals surface area contributed by atoms with Gasteiger partial charge in [0.25, 0.3) is 0 Å². The molecule has 0 rings (SSSR count). The maximum absolute atomic E-state index is 10.9. The van der Waals surface area contributed by atoms with E-state index in [1.54, 1.807) is 0 Å². The molecular weight excluding hydrogens is 503 g/mol. The van der Waals surface area contributed by atoms with E-state index in [0.29, 0.717) is 0 Å². The molecule has 0 radical (unpaired) electrons. The van der Waals surface area contributed by atoms with Gasteiger partial charge in [0.05, 0.1) is 6.61 Å². The van der Waals surface area contributed by atoms with Gasteiger partial charge in [0.2, 0.25) is 10.4 Å².